The summed E-state index contributed by atoms with van der Waals surface area (Å²) in [4.78, 5) is 32.2. The quantitative estimate of drug-likeness (QED) is 0.0661. The van der Waals surface area contributed by atoms with Crippen LogP contribution in [0.2, 0.25) is 0 Å². The van der Waals surface area contributed by atoms with Crippen LogP contribution in [0, 0.1) is 5.92 Å². The molecule has 2 atom stereocenters. The molecule has 0 fully saturated rings. The molecule has 1 amide bonds. The molecular weight excluding hydrogens is 677 g/mol. The van der Waals surface area contributed by atoms with E-state index in [1.807, 2.05) is 18.2 Å². The summed E-state index contributed by atoms with van der Waals surface area (Å²) in [5.74, 6) is 0.886. The highest BCUT2D eigenvalue weighted by Crippen LogP contribution is 2.34. The lowest BCUT2D eigenvalue weighted by Crippen LogP contribution is -2.29. The molecule has 4 aromatic rings. The van der Waals surface area contributed by atoms with Gasteiger partial charge in [-0.1, -0.05) is 45.4 Å². The van der Waals surface area contributed by atoms with Crippen LogP contribution in [0.1, 0.15) is 71.4 Å². The molecular formula is C41H50N4O6S. The van der Waals surface area contributed by atoms with Crippen LogP contribution in [0.5, 0.6) is 5.75 Å². The first-order valence-electron chi connectivity index (χ1n) is 18.0. The fourth-order valence-electron chi connectivity index (χ4n) is 6.08. The molecule has 0 radical (unpaired) electrons. The number of benzene rings is 3. The summed E-state index contributed by atoms with van der Waals surface area (Å²) in [6.45, 7) is 13.1. The number of nitrogens with zero attached hydrogens (tertiary/aromatic N) is 3. The maximum Gasteiger partial charge on any atom is 0.304 e. The highest BCUT2D eigenvalue weighted by molar-refractivity contribution is 7.90. The third-order valence-corrected chi connectivity index (χ3v) is 10.0. The Hall–Kier alpha value is -4.58. The van der Waals surface area contributed by atoms with Crippen LogP contribution in [-0.4, -0.2) is 58.9 Å². The van der Waals surface area contributed by atoms with Crippen molar-refractivity contribution in [2.24, 2.45) is 5.92 Å². The number of imidazole rings is 1. The summed E-state index contributed by atoms with van der Waals surface area (Å²) in [7, 11) is 0. The molecule has 2 unspecified atom stereocenters. The Morgan fingerprint density at radius 2 is 1.73 bits per heavy atom. The summed E-state index contributed by atoms with van der Waals surface area (Å²) in [5.41, 5.74) is 6.23. The maximum atomic E-state index is 13.7. The SMILES string of the molecule is CCCCOCCOc1ccc(-c2ccc3c(c2)C=C(C(=O)Nc2ccc([S+]([O-])Cc4cncn4C(C)OC(C)=O)cc2)CCN3CC(C)C)cc1. The van der Waals surface area contributed by atoms with E-state index in [1.165, 1.54) is 6.92 Å². The van der Waals surface area contributed by atoms with Gasteiger partial charge < -0.3 is 29.0 Å². The van der Waals surface area contributed by atoms with E-state index in [2.05, 4.69) is 66.3 Å². The molecule has 5 rings (SSSR count). The van der Waals surface area contributed by atoms with Gasteiger partial charge in [-0.3, -0.25) is 14.2 Å². The first kappa shape index (κ1) is 38.6. The van der Waals surface area contributed by atoms with Gasteiger partial charge in [-0.2, -0.15) is 0 Å². The number of hydrogen-bond acceptors (Lipinski definition) is 8. The topological polar surface area (TPSA) is 118 Å². The van der Waals surface area contributed by atoms with Crippen LogP contribution < -0.4 is 15.0 Å². The van der Waals surface area contributed by atoms with Gasteiger partial charge in [0.15, 0.2) is 16.9 Å². The lowest BCUT2D eigenvalue weighted by molar-refractivity contribution is -0.149. The monoisotopic (exact) mass is 726 g/mol. The zero-order chi connectivity index (χ0) is 37.0. The third-order valence-electron chi connectivity index (χ3n) is 8.68. The first-order valence-corrected chi connectivity index (χ1v) is 19.3. The highest BCUT2D eigenvalue weighted by Gasteiger charge is 2.22. The Kier molecular flexibility index (Phi) is 14.0. The van der Waals surface area contributed by atoms with Crippen molar-refractivity contribution in [3.63, 3.8) is 0 Å². The number of fused-ring (bicyclic) bond motifs is 1. The number of unbranched alkanes of at least 4 members (excludes halogenated alkanes) is 1. The van der Waals surface area contributed by atoms with Crippen molar-refractivity contribution >= 4 is 40.5 Å². The van der Waals surface area contributed by atoms with Crippen molar-refractivity contribution in [2.75, 3.05) is 43.1 Å². The van der Waals surface area contributed by atoms with Gasteiger partial charge in [0.25, 0.3) is 5.91 Å². The summed E-state index contributed by atoms with van der Waals surface area (Å²) in [6, 6.07) is 21.6. The fourth-order valence-corrected chi connectivity index (χ4v) is 7.18. The van der Waals surface area contributed by atoms with E-state index in [1.54, 1.807) is 48.3 Å². The standard InChI is InChI=1S/C41H50N4O6S/c1-6-7-20-49-21-22-50-38-13-8-32(9-14-38)33-10-17-40-35(23-33)24-34(18-19-44(40)26-29(2)3)41(47)43-36-11-15-39(16-12-36)52(48)27-37-25-42-28-45(37)30(4)51-31(5)46/h8-17,23-25,28-30H,6-7,18-22,26-27H2,1-5H3,(H,43,47). The molecule has 0 bridgehead atoms. The third kappa shape index (κ3) is 10.7. The van der Waals surface area contributed by atoms with Crippen LogP contribution >= 0.6 is 0 Å². The lowest BCUT2D eigenvalue weighted by Gasteiger charge is -2.27. The number of amides is 1. The van der Waals surface area contributed by atoms with E-state index in [0.29, 0.717) is 47.4 Å². The van der Waals surface area contributed by atoms with Gasteiger partial charge in [-0.15, -0.1) is 0 Å². The second-order valence-corrected chi connectivity index (χ2v) is 14.8. The first-order chi connectivity index (χ1) is 25.1. The molecule has 0 saturated carbocycles. The minimum atomic E-state index is -1.38. The summed E-state index contributed by atoms with van der Waals surface area (Å²) in [5, 5.41) is 3.05. The van der Waals surface area contributed by atoms with Crippen molar-refractivity contribution in [3.05, 3.63) is 96.1 Å². The molecule has 52 heavy (non-hydrogen) atoms. The number of carbonyl (C=O) groups excluding carboxylic acids is 2. The Morgan fingerprint density at radius 1 is 0.981 bits per heavy atom. The van der Waals surface area contributed by atoms with Crippen molar-refractivity contribution in [2.45, 2.75) is 70.8 Å². The second kappa shape index (κ2) is 18.8. The Labute approximate surface area is 310 Å². The van der Waals surface area contributed by atoms with E-state index in [-0.39, 0.29) is 11.7 Å². The number of carbonyl (C=O) groups is 2. The minimum absolute atomic E-state index is 0.167. The number of nitrogens with one attached hydrogen (secondary N) is 1. The highest BCUT2D eigenvalue weighted by atomic mass is 32.2. The molecule has 0 saturated heterocycles. The second-order valence-electron chi connectivity index (χ2n) is 13.3. The lowest BCUT2D eigenvalue weighted by atomic mass is 10.00. The zero-order valence-electron chi connectivity index (χ0n) is 30.8. The van der Waals surface area contributed by atoms with Crippen LogP contribution in [0.25, 0.3) is 17.2 Å². The van der Waals surface area contributed by atoms with Crippen molar-refractivity contribution < 1.29 is 28.4 Å². The molecule has 2 heterocycles. The van der Waals surface area contributed by atoms with E-state index < -0.39 is 23.4 Å². The molecule has 276 valence electrons. The number of aromatic nitrogens is 2. The van der Waals surface area contributed by atoms with Gasteiger partial charge in [-0.05, 0) is 108 Å². The van der Waals surface area contributed by atoms with Gasteiger partial charge in [-0.25, -0.2) is 4.98 Å². The number of anilines is 2. The molecule has 10 nitrogen and oxygen atoms in total. The average Bonchev–Trinajstić information content (AvgIpc) is 3.51. The van der Waals surface area contributed by atoms with Crippen LogP contribution in [-0.2, 0) is 36.0 Å². The zero-order valence-corrected chi connectivity index (χ0v) is 31.6. The molecule has 0 aliphatic carbocycles. The number of rotatable bonds is 17. The van der Waals surface area contributed by atoms with Crippen LogP contribution in [0.4, 0.5) is 11.4 Å². The largest absolute Gasteiger partial charge is 0.611 e. The van der Waals surface area contributed by atoms with Gasteiger partial charge in [0.1, 0.15) is 12.4 Å². The molecule has 1 N–H and O–H groups in total. The van der Waals surface area contributed by atoms with Crippen LogP contribution in [0.3, 0.4) is 0 Å². The molecule has 1 aromatic heterocycles. The fraction of sp³-hybridized carbons (Fsp3) is 0.390. The summed E-state index contributed by atoms with van der Waals surface area (Å²) < 4.78 is 31.7. The number of hydrogen-bond donors (Lipinski definition) is 1. The van der Waals surface area contributed by atoms with Gasteiger partial charge in [0.05, 0.1) is 24.8 Å². The summed E-state index contributed by atoms with van der Waals surface area (Å²) >= 11 is -1.38. The number of esters is 1. The molecule has 0 spiro atoms. The van der Waals surface area contributed by atoms with E-state index in [9.17, 15) is 14.1 Å². The van der Waals surface area contributed by atoms with Crippen molar-refractivity contribution in [1.29, 1.82) is 0 Å². The molecule has 3 aromatic carbocycles. The van der Waals surface area contributed by atoms with Gasteiger partial charge in [0.2, 0.25) is 0 Å². The van der Waals surface area contributed by atoms with Crippen molar-refractivity contribution in [1.82, 2.24) is 9.55 Å². The molecule has 1 aliphatic rings. The van der Waals surface area contributed by atoms with Crippen LogP contribution in [0.15, 0.2) is 89.7 Å². The van der Waals surface area contributed by atoms with Gasteiger partial charge in [0, 0.05) is 43.6 Å². The van der Waals surface area contributed by atoms with Gasteiger partial charge >= 0.3 is 5.97 Å². The smallest absolute Gasteiger partial charge is 0.304 e. The predicted octanol–water partition coefficient (Wildman–Crippen LogP) is 8.02. The normalized spacial score (nSPS) is 13.9. The Balaban J connectivity index is 1.26. The maximum absolute atomic E-state index is 13.7. The van der Waals surface area contributed by atoms with Crippen molar-refractivity contribution in [3.8, 4) is 16.9 Å². The van der Waals surface area contributed by atoms with E-state index in [0.717, 1.165) is 60.7 Å². The Bertz CT molecular complexity index is 1800. The minimum Gasteiger partial charge on any atom is -0.611 e. The number of ether oxygens (including phenoxy) is 3. The molecule has 11 heteroatoms. The average molecular weight is 727 g/mol. The van der Waals surface area contributed by atoms with E-state index in [4.69, 9.17) is 14.2 Å². The molecule has 1 aliphatic heterocycles. The predicted molar refractivity (Wildman–Crippen MR) is 207 cm³/mol. The Morgan fingerprint density at radius 3 is 2.44 bits per heavy atom. The summed E-state index contributed by atoms with van der Waals surface area (Å²) in [6.07, 6.45) is 7.40. The van der Waals surface area contributed by atoms with E-state index >= 15 is 0 Å².